The van der Waals surface area contributed by atoms with E-state index >= 15 is 0 Å². The van der Waals surface area contributed by atoms with Crippen LogP contribution in [0.4, 0.5) is 4.79 Å². The largest absolute Gasteiger partial charge is 0.444 e. The molecule has 5 nitrogen and oxygen atoms in total. The number of hydrogen-bond donors (Lipinski definition) is 1. The fourth-order valence-corrected chi connectivity index (χ4v) is 3.85. The number of rotatable bonds is 2. The van der Waals surface area contributed by atoms with Gasteiger partial charge in [0.05, 0.1) is 6.17 Å². The molecule has 6 heteroatoms. The van der Waals surface area contributed by atoms with Crippen molar-refractivity contribution < 1.29 is 9.53 Å². The van der Waals surface area contributed by atoms with Gasteiger partial charge in [0.2, 0.25) is 0 Å². The molecule has 1 aromatic carbocycles. The summed E-state index contributed by atoms with van der Waals surface area (Å²) in [7, 11) is 0. The molecule has 2 heterocycles. The zero-order valence-electron chi connectivity index (χ0n) is 16.0. The van der Waals surface area contributed by atoms with E-state index in [-0.39, 0.29) is 12.0 Å². The van der Waals surface area contributed by atoms with Crippen LogP contribution in [0, 0.1) is 0 Å². The fraction of sp³-hybridized carbons (Fsp3) is 0.429. The Bertz CT molecular complexity index is 876. The van der Waals surface area contributed by atoms with Gasteiger partial charge in [-0.2, -0.15) is 0 Å². The number of ether oxygens (including phenoxy) is 1. The zero-order chi connectivity index (χ0) is 19.8. The van der Waals surface area contributed by atoms with Crippen LogP contribution in [0.2, 0.25) is 5.15 Å². The standard InChI is InChI=1S/C21H26ClN3O2/c1-5-13-12-24-19(22)16-8-6-7-15(18(13)16)14-9-10-25(17(23)11-14)20(26)27-21(2,3)4/h5-8,12,14,17H,1,9-11,23H2,2-4H3. The van der Waals surface area contributed by atoms with Gasteiger partial charge in [0.1, 0.15) is 10.8 Å². The van der Waals surface area contributed by atoms with Gasteiger partial charge in [0.15, 0.2) is 0 Å². The number of piperidine rings is 1. The maximum Gasteiger partial charge on any atom is 0.411 e. The van der Waals surface area contributed by atoms with Crippen LogP contribution in [0.3, 0.4) is 0 Å². The van der Waals surface area contributed by atoms with Crippen LogP contribution in [-0.2, 0) is 4.74 Å². The van der Waals surface area contributed by atoms with Crippen LogP contribution in [0.25, 0.3) is 16.8 Å². The van der Waals surface area contributed by atoms with E-state index in [1.807, 2.05) is 32.9 Å². The van der Waals surface area contributed by atoms with Gasteiger partial charge < -0.3 is 10.5 Å². The molecule has 0 saturated carbocycles. The zero-order valence-corrected chi connectivity index (χ0v) is 16.8. The molecule has 1 aliphatic rings. The molecule has 0 bridgehead atoms. The second-order valence-electron chi connectivity index (χ2n) is 7.94. The third kappa shape index (κ3) is 4.09. The number of hydrogen-bond acceptors (Lipinski definition) is 4. The predicted octanol–water partition coefficient (Wildman–Crippen LogP) is 4.93. The molecule has 2 N–H and O–H groups in total. The summed E-state index contributed by atoms with van der Waals surface area (Å²) in [5, 5.41) is 2.46. The molecule has 2 aromatic rings. The summed E-state index contributed by atoms with van der Waals surface area (Å²) in [6.07, 6.45) is 4.27. The van der Waals surface area contributed by atoms with E-state index in [0.717, 1.165) is 22.8 Å². The first-order valence-corrected chi connectivity index (χ1v) is 9.54. The quantitative estimate of drug-likeness (QED) is 0.741. The third-order valence-electron chi connectivity index (χ3n) is 4.86. The number of fused-ring (bicyclic) bond motifs is 1. The lowest BCUT2D eigenvalue weighted by molar-refractivity contribution is 0.00893. The Morgan fingerprint density at radius 1 is 1.44 bits per heavy atom. The highest BCUT2D eigenvalue weighted by Gasteiger charge is 2.33. The average Bonchev–Trinajstić information content (AvgIpc) is 2.60. The maximum absolute atomic E-state index is 12.4. The van der Waals surface area contributed by atoms with Crippen LogP contribution in [-0.4, -0.2) is 34.3 Å². The smallest absolute Gasteiger partial charge is 0.411 e. The van der Waals surface area contributed by atoms with Crippen LogP contribution in [0.1, 0.15) is 50.7 Å². The van der Waals surface area contributed by atoms with Gasteiger partial charge in [-0.25, -0.2) is 9.78 Å². The normalized spacial score (nSPS) is 20.6. The highest BCUT2D eigenvalue weighted by molar-refractivity contribution is 6.34. The van der Waals surface area contributed by atoms with Gasteiger partial charge in [-0.3, -0.25) is 4.90 Å². The Kier molecular flexibility index (Phi) is 5.45. The molecule has 1 aromatic heterocycles. The topological polar surface area (TPSA) is 68.5 Å². The van der Waals surface area contributed by atoms with E-state index < -0.39 is 11.8 Å². The third-order valence-corrected chi connectivity index (χ3v) is 5.16. The maximum atomic E-state index is 12.4. The number of nitrogens with zero attached hydrogens (tertiary/aromatic N) is 2. The summed E-state index contributed by atoms with van der Waals surface area (Å²) in [6, 6.07) is 6.06. The van der Waals surface area contributed by atoms with Crippen LogP contribution in [0.15, 0.2) is 31.0 Å². The predicted molar refractivity (Wildman–Crippen MR) is 110 cm³/mol. The number of carbonyl (C=O) groups is 1. The van der Waals surface area contributed by atoms with E-state index in [2.05, 4.69) is 17.6 Å². The van der Waals surface area contributed by atoms with E-state index in [1.165, 1.54) is 5.56 Å². The minimum Gasteiger partial charge on any atom is -0.444 e. The van der Waals surface area contributed by atoms with Gasteiger partial charge >= 0.3 is 6.09 Å². The number of carbonyl (C=O) groups excluding carboxylic acids is 1. The van der Waals surface area contributed by atoms with Crippen molar-refractivity contribution in [3.8, 4) is 0 Å². The number of nitrogens with two attached hydrogens (primary N) is 1. The molecular weight excluding hydrogens is 362 g/mol. The first-order valence-electron chi connectivity index (χ1n) is 9.16. The second kappa shape index (κ2) is 7.49. The lowest BCUT2D eigenvalue weighted by atomic mass is 9.84. The van der Waals surface area contributed by atoms with Gasteiger partial charge in [0.25, 0.3) is 0 Å². The molecule has 27 heavy (non-hydrogen) atoms. The Labute approximate surface area is 165 Å². The van der Waals surface area contributed by atoms with E-state index in [0.29, 0.717) is 18.1 Å². The summed E-state index contributed by atoms with van der Waals surface area (Å²) in [5.41, 5.74) is 7.93. The lowest BCUT2D eigenvalue weighted by Gasteiger charge is -2.38. The number of amides is 1. The van der Waals surface area contributed by atoms with Crippen molar-refractivity contribution in [1.82, 2.24) is 9.88 Å². The lowest BCUT2D eigenvalue weighted by Crippen LogP contribution is -2.51. The molecule has 0 aliphatic carbocycles. The van der Waals surface area contributed by atoms with Gasteiger partial charge in [0, 0.05) is 23.7 Å². The molecule has 1 fully saturated rings. The molecule has 1 amide bonds. The monoisotopic (exact) mass is 387 g/mol. The fourth-order valence-electron chi connectivity index (χ4n) is 3.65. The number of benzene rings is 1. The van der Waals surface area contributed by atoms with Crippen molar-refractivity contribution in [1.29, 1.82) is 0 Å². The molecule has 144 valence electrons. The average molecular weight is 388 g/mol. The Morgan fingerprint density at radius 2 is 2.19 bits per heavy atom. The van der Waals surface area contributed by atoms with Crippen molar-refractivity contribution >= 4 is 34.5 Å². The minimum atomic E-state index is -0.536. The molecule has 1 saturated heterocycles. The molecule has 0 radical (unpaired) electrons. The summed E-state index contributed by atoms with van der Waals surface area (Å²) in [4.78, 5) is 18.3. The highest BCUT2D eigenvalue weighted by atomic mass is 35.5. The molecular formula is C21H26ClN3O2. The Hall–Kier alpha value is -2.11. The van der Waals surface area contributed by atoms with Crippen molar-refractivity contribution in [3.63, 3.8) is 0 Å². The molecule has 1 aliphatic heterocycles. The van der Waals surface area contributed by atoms with E-state index in [1.54, 1.807) is 17.2 Å². The van der Waals surface area contributed by atoms with Gasteiger partial charge in [-0.1, -0.05) is 42.5 Å². The van der Waals surface area contributed by atoms with Crippen LogP contribution >= 0.6 is 11.6 Å². The van der Waals surface area contributed by atoms with E-state index in [9.17, 15) is 4.79 Å². The number of likely N-dealkylation sites (tertiary alicyclic amines) is 1. The van der Waals surface area contributed by atoms with Gasteiger partial charge in [-0.15, -0.1) is 0 Å². The van der Waals surface area contributed by atoms with Crippen LogP contribution in [0.5, 0.6) is 0 Å². The molecule has 0 spiro atoms. The van der Waals surface area contributed by atoms with Crippen molar-refractivity contribution in [2.75, 3.05) is 6.54 Å². The minimum absolute atomic E-state index is 0.222. The highest BCUT2D eigenvalue weighted by Crippen LogP contribution is 2.38. The summed E-state index contributed by atoms with van der Waals surface area (Å²) in [5.74, 6) is 0.222. The molecule has 2 atom stereocenters. The van der Waals surface area contributed by atoms with Gasteiger partial charge in [-0.05, 0) is 50.5 Å². The molecule has 2 unspecified atom stereocenters. The second-order valence-corrected chi connectivity index (χ2v) is 8.30. The Balaban J connectivity index is 1.89. The van der Waals surface area contributed by atoms with Crippen LogP contribution < -0.4 is 5.73 Å². The summed E-state index contributed by atoms with van der Waals surface area (Å²) < 4.78 is 5.48. The van der Waals surface area contributed by atoms with Crippen molar-refractivity contribution in [3.05, 3.63) is 47.3 Å². The number of halogens is 1. The number of aromatic nitrogens is 1. The number of pyridine rings is 1. The first kappa shape index (κ1) is 19.6. The van der Waals surface area contributed by atoms with E-state index in [4.69, 9.17) is 22.1 Å². The first-order chi connectivity index (χ1) is 12.7. The van der Waals surface area contributed by atoms with Crippen molar-refractivity contribution in [2.45, 2.75) is 51.3 Å². The summed E-state index contributed by atoms with van der Waals surface area (Å²) in [6.45, 7) is 10.0. The SMILES string of the molecule is C=Cc1cnc(Cl)c2cccc(C3CCN(C(=O)OC(C)(C)C)C(N)C3)c12. The summed E-state index contributed by atoms with van der Waals surface area (Å²) >= 11 is 6.31. The van der Waals surface area contributed by atoms with Crippen molar-refractivity contribution in [2.24, 2.45) is 5.73 Å². The Morgan fingerprint density at radius 3 is 2.81 bits per heavy atom. The molecule has 3 rings (SSSR count).